The van der Waals surface area contributed by atoms with Crippen LogP contribution in [0.3, 0.4) is 0 Å². The number of hydrogen-bond acceptors (Lipinski definition) is 3. The zero-order valence-electron chi connectivity index (χ0n) is 16.2. The quantitative estimate of drug-likeness (QED) is 0.528. The van der Waals surface area contributed by atoms with Gasteiger partial charge in [0, 0.05) is 0 Å². The molecule has 0 saturated carbocycles. The first kappa shape index (κ1) is 18.3. The van der Waals surface area contributed by atoms with Crippen LogP contribution in [0.2, 0.25) is 0 Å². The maximum atomic E-state index is 10.9. The van der Waals surface area contributed by atoms with Crippen LogP contribution in [0.5, 0.6) is 5.75 Å². The van der Waals surface area contributed by atoms with Gasteiger partial charge in [0.2, 0.25) is 0 Å². The molecule has 0 aliphatic heterocycles. The summed E-state index contributed by atoms with van der Waals surface area (Å²) in [5, 5.41) is 10.9. The third kappa shape index (κ3) is 3.64. The average molecular weight is 372 g/mol. The van der Waals surface area contributed by atoms with Gasteiger partial charge in [-0.05, 0) is 48.7 Å². The van der Waals surface area contributed by atoms with Gasteiger partial charge in [0.05, 0.1) is 17.6 Å². The molecule has 0 bridgehead atoms. The lowest BCUT2D eigenvalue weighted by atomic mass is 10.1. The molecule has 0 fully saturated rings. The molecule has 1 heterocycles. The van der Waals surface area contributed by atoms with Crippen molar-refractivity contribution in [3.8, 4) is 5.75 Å². The number of ether oxygens (including phenoxy) is 1. The van der Waals surface area contributed by atoms with Crippen LogP contribution in [0.1, 0.15) is 28.6 Å². The Balaban J connectivity index is 1.63. The van der Waals surface area contributed by atoms with Crippen molar-refractivity contribution in [1.82, 2.24) is 9.55 Å². The van der Waals surface area contributed by atoms with Gasteiger partial charge in [0.25, 0.3) is 0 Å². The van der Waals surface area contributed by atoms with Crippen molar-refractivity contribution in [2.45, 2.75) is 26.5 Å². The summed E-state index contributed by atoms with van der Waals surface area (Å²) in [6.45, 7) is 5.21. The van der Waals surface area contributed by atoms with Crippen LogP contribution >= 0.6 is 0 Å². The molecule has 0 amide bonds. The number of nitrogens with zero attached hydrogens (tertiary/aromatic N) is 2. The number of fused-ring (bicyclic) bond motifs is 1. The lowest BCUT2D eigenvalue weighted by molar-refractivity contribution is 0.201. The SMILES string of the molecule is Cc1ccc(C)c(OCCn2c(C(O)c3ccccc3)nc3ccccc32)c1. The third-order valence-corrected chi connectivity index (χ3v) is 4.96. The fourth-order valence-electron chi connectivity index (χ4n) is 3.43. The highest BCUT2D eigenvalue weighted by atomic mass is 16.5. The molecule has 0 radical (unpaired) electrons. The van der Waals surface area contributed by atoms with Gasteiger partial charge in [0.15, 0.2) is 0 Å². The van der Waals surface area contributed by atoms with E-state index in [1.54, 1.807) is 0 Å². The van der Waals surface area contributed by atoms with E-state index in [1.165, 1.54) is 5.56 Å². The van der Waals surface area contributed by atoms with Crippen LogP contribution in [0.25, 0.3) is 11.0 Å². The first-order valence-electron chi connectivity index (χ1n) is 9.52. The highest BCUT2D eigenvalue weighted by molar-refractivity contribution is 5.76. The lowest BCUT2D eigenvalue weighted by Crippen LogP contribution is -2.15. The molecule has 1 aromatic heterocycles. The minimum absolute atomic E-state index is 0.499. The Hall–Kier alpha value is -3.11. The maximum absolute atomic E-state index is 10.9. The number of aryl methyl sites for hydroxylation is 2. The normalized spacial score (nSPS) is 12.2. The fourth-order valence-corrected chi connectivity index (χ4v) is 3.43. The van der Waals surface area contributed by atoms with Gasteiger partial charge in [-0.15, -0.1) is 0 Å². The van der Waals surface area contributed by atoms with Gasteiger partial charge in [-0.25, -0.2) is 4.98 Å². The number of aliphatic hydroxyl groups is 1. The third-order valence-electron chi connectivity index (χ3n) is 4.96. The van der Waals surface area contributed by atoms with Gasteiger partial charge in [-0.2, -0.15) is 0 Å². The predicted octanol–water partition coefficient (Wildman–Crippen LogP) is 4.81. The van der Waals surface area contributed by atoms with Gasteiger partial charge in [-0.1, -0.05) is 54.6 Å². The summed E-state index contributed by atoms with van der Waals surface area (Å²) in [7, 11) is 0. The largest absolute Gasteiger partial charge is 0.491 e. The van der Waals surface area contributed by atoms with E-state index in [0.29, 0.717) is 19.0 Å². The highest BCUT2D eigenvalue weighted by Crippen LogP contribution is 2.26. The van der Waals surface area contributed by atoms with Crippen molar-refractivity contribution in [3.63, 3.8) is 0 Å². The molecule has 4 rings (SSSR count). The van der Waals surface area contributed by atoms with E-state index < -0.39 is 6.10 Å². The number of aromatic nitrogens is 2. The summed E-state index contributed by atoms with van der Waals surface area (Å²) in [4.78, 5) is 4.70. The second-order valence-corrected chi connectivity index (χ2v) is 7.04. The summed E-state index contributed by atoms with van der Waals surface area (Å²) in [6.07, 6.45) is -0.783. The van der Waals surface area contributed by atoms with Crippen molar-refractivity contribution in [1.29, 1.82) is 0 Å². The number of hydrogen-bond donors (Lipinski definition) is 1. The lowest BCUT2D eigenvalue weighted by Gasteiger charge is -2.15. The van der Waals surface area contributed by atoms with Crippen molar-refractivity contribution < 1.29 is 9.84 Å². The summed E-state index contributed by atoms with van der Waals surface area (Å²) in [6, 6.07) is 23.8. The number of imidazole rings is 1. The van der Waals surface area contributed by atoms with Gasteiger partial charge in [0.1, 0.15) is 24.3 Å². The summed E-state index contributed by atoms with van der Waals surface area (Å²) < 4.78 is 8.10. The van der Waals surface area contributed by atoms with Crippen molar-refractivity contribution in [2.24, 2.45) is 0 Å². The maximum Gasteiger partial charge on any atom is 0.143 e. The monoisotopic (exact) mass is 372 g/mol. The van der Waals surface area contributed by atoms with Crippen molar-refractivity contribution in [2.75, 3.05) is 6.61 Å². The standard InChI is InChI=1S/C24H24N2O2/c1-17-12-13-18(2)22(16-17)28-15-14-26-21-11-7-6-10-20(21)25-24(26)23(27)19-8-4-3-5-9-19/h3-13,16,23,27H,14-15H2,1-2H3. The van der Waals surface area contributed by atoms with Crippen LogP contribution in [0.4, 0.5) is 0 Å². The molecule has 0 aliphatic carbocycles. The predicted molar refractivity (Wildman–Crippen MR) is 112 cm³/mol. The zero-order chi connectivity index (χ0) is 19.5. The first-order valence-corrected chi connectivity index (χ1v) is 9.52. The van der Waals surface area contributed by atoms with E-state index >= 15 is 0 Å². The Morgan fingerprint density at radius 3 is 2.54 bits per heavy atom. The number of aliphatic hydroxyl groups excluding tert-OH is 1. The number of benzene rings is 3. The van der Waals surface area contributed by atoms with Crippen LogP contribution in [0.15, 0.2) is 72.8 Å². The van der Waals surface area contributed by atoms with Gasteiger partial charge >= 0.3 is 0 Å². The molecule has 1 unspecified atom stereocenters. The molecular weight excluding hydrogens is 348 g/mol. The Morgan fingerprint density at radius 1 is 0.964 bits per heavy atom. The van der Waals surface area contributed by atoms with E-state index in [4.69, 9.17) is 9.72 Å². The van der Waals surface area contributed by atoms with Crippen LogP contribution in [-0.2, 0) is 6.54 Å². The van der Waals surface area contributed by atoms with E-state index in [1.807, 2.05) is 61.5 Å². The Kier molecular flexibility index (Phi) is 5.13. The highest BCUT2D eigenvalue weighted by Gasteiger charge is 2.19. The summed E-state index contributed by atoms with van der Waals surface area (Å²) in [5.74, 6) is 1.53. The van der Waals surface area contributed by atoms with Crippen LogP contribution in [-0.4, -0.2) is 21.3 Å². The second kappa shape index (κ2) is 7.87. The first-order chi connectivity index (χ1) is 13.6. The molecule has 1 atom stereocenters. The minimum Gasteiger partial charge on any atom is -0.491 e. The molecular formula is C24H24N2O2. The van der Waals surface area contributed by atoms with E-state index in [0.717, 1.165) is 27.9 Å². The summed E-state index contributed by atoms with van der Waals surface area (Å²) >= 11 is 0. The zero-order valence-corrected chi connectivity index (χ0v) is 16.2. The summed E-state index contributed by atoms with van der Waals surface area (Å²) in [5.41, 5.74) is 4.99. The van der Waals surface area contributed by atoms with Crippen LogP contribution < -0.4 is 4.74 Å². The molecule has 3 aromatic carbocycles. The van der Waals surface area contributed by atoms with Crippen LogP contribution in [0, 0.1) is 13.8 Å². The smallest absolute Gasteiger partial charge is 0.143 e. The minimum atomic E-state index is -0.783. The van der Waals surface area contributed by atoms with E-state index in [2.05, 4.69) is 29.7 Å². The average Bonchev–Trinajstić information content (AvgIpc) is 3.09. The second-order valence-electron chi connectivity index (χ2n) is 7.04. The Labute approximate surface area is 165 Å². The molecule has 142 valence electrons. The number of rotatable bonds is 6. The van der Waals surface area contributed by atoms with Gasteiger partial charge in [-0.3, -0.25) is 0 Å². The van der Waals surface area contributed by atoms with Crippen molar-refractivity contribution >= 4 is 11.0 Å². The molecule has 1 N–H and O–H groups in total. The molecule has 0 aliphatic rings. The molecule has 28 heavy (non-hydrogen) atoms. The fraction of sp³-hybridized carbons (Fsp3) is 0.208. The topological polar surface area (TPSA) is 47.3 Å². The number of para-hydroxylation sites is 2. The van der Waals surface area contributed by atoms with Crippen molar-refractivity contribution in [3.05, 3.63) is 95.3 Å². The van der Waals surface area contributed by atoms with E-state index in [9.17, 15) is 5.11 Å². The Bertz CT molecular complexity index is 1090. The molecule has 4 aromatic rings. The van der Waals surface area contributed by atoms with Gasteiger partial charge < -0.3 is 14.4 Å². The molecule has 4 heteroatoms. The van der Waals surface area contributed by atoms with E-state index in [-0.39, 0.29) is 0 Å². The molecule has 0 spiro atoms. The molecule has 4 nitrogen and oxygen atoms in total. The Morgan fingerprint density at radius 2 is 1.71 bits per heavy atom. The molecule has 0 saturated heterocycles.